The minimum atomic E-state index is -4.46. The van der Waals surface area contributed by atoms with Gasteiger partial charge in [0.1, 0.15) is 5.82 Å². The topological polar surface area (TPSA) is 75.3 Å². The number of pyridine rings is 1. The maximum absolute atomic E-state index is 12.9. The third-order valence-corrected chi connectivity index (χ3v) is 3.63. The largest absolute Gasteiger partial charge is 0.419 e. The number of aromatic nitrogens is 1. The molecule has 0 unspecified atom stereocenters. The van der Waals surface area contributed by atoms with Crippen LogP contribution in [0.25, 0.3) is 0 Å². The quantitative estimate of drug-likeness (QED) is 0.410. The highest BCUT2D eigenvalue weighted by Gasteiger charge is 2.33. The van der Waals surface area contributed by atoms with Crippen molar-refractivity contribution in [3.63, 3.8) is 0 Å². The minimum absolute atomic E-state index is 0.175. The summed E-state index contributed by atoms with van der Waals surface area (Å²) in [7, 11) is 0. The molecule has 4 N–H and O–H groups in total. The van der Waals surface area contributed by atoms with E-state index in [1.807, 2.05) is 24.3 Å². The van der Waals surface area contributed by atoms with E-state index in [2.05, 4.69) is 34.5 Å². The van der Waals surface area contributed by atoms with Crippen LogP contribution in [0.3, 0.4) is 0 Å². The number of nitrogens with one attached hydrogen (secondary N) is 2. The second-order valence-electron chi connectivity index (χ2n) is 6.00. The van der Waals surface area contributed by atoms with E-state index < -0.39 is 11.7 Å². The van der Waals surface area contributed by atoms with Crippen LogP contribution in [0.5, 0.6) is 0 Å². The number of benzene rings is 1. The van der Waals surface area contributed by atoms with Crippen molar-refractivity contribution in [2.24, 2.45) is 10.7 Å². The summed E-state index contributed by atoms with van der Waals surface area (Å²) in [6, 6.07) is 10.0. The zero-order chi connectivity index (χ0) is 19.2. The molecule has 0 atom stereocenters. The number of hydrogen-bond acceptors (Lipinski definition) is 3. The molecule has 0 aliphatic carbocycles. The average molecular weight is 365 g/mol. The van der Waals surface area contributed by atoms with Gasteiger partial charge in [-0.3, -0.25) is 4.99 Å². The van der Waals surface area contributed by atoms with Crippen LogP contribution in [0.4, 0.5) is 24.7 Å². The fraction of sp³-hybridized carbons (Fsp3) is 0.333. The van der Waals surface area contributed by atoms with E-state index >= 15 is 0 Å². The molecule has 0 amide bonds. The zero-order valence-electron chi connectivity index (χ0n) is 14.6. The molecule has 1 aromatic carbocycles. The Balaban J connectivity index is 1.90. The van der Waals surface area contributed by atoms with Gasteiger partial charge < -0.3 is 16.4 Å². The van der Waals surface area contributed by atoms with E-state index in [0.717, 1.165) is 11.8 Å². The molecule has 1 heterocycles. The third-order valence-electron chi connectivity index (χ3n) is 3.63. The summed E-state index contributed by atoms with van der Waals surface area (Å²) in [5.74, 6) is 0.372. The maximum atomic E-state index is 12.9. The number of halogens is 3. The van der Waals surface area contributed by atoms with Crippen LogP contribution in [0, 0.1) is 0 Å². The van der Waals surface area contributed by atoms with Crippen molar-refractivity contribution in [1.29, 1.82) is 0 Å². The second-order valence-corrected chi connectivity index (χ2v) is 6.00. The lowest BCUT2D eigenvalue weighted by molar-refractivity contribution is -0.137. The monoisotopic (exact) mass is 365 g/mol. The van der Waals surface area contributed by atoms with Crippen molar-refractivity contribution < 1.29 is 13.2 Å². The predicted molar refractivity (Wildman–Crippen MR) is 98.4 cm³/mol. The van der Waals surface area contributed by atoms with Gasteiger partial charge in [0.2, 0.25) is 0 Å². The number of hydrogen-bond donors (Lipinski definition) is 3. The molecule has 140 valence electrons. The van der Waals surface area contributed by atoms with E-state index in [1.165, 1.54) is 17.8 Å². The van der Waals surface area contributed by atoms with Crippen molar-refractivity contribution in [3.05, 3.63) is 53.7 Å². The van der Waals surface area contributed by atoms with E-state index in [4.69, 9.17) is 5.73 Å². The van der Waals surface area contributed by atoms with Crippen LogP contribution in [-0.4, -0.2) is 24.0 Å². The Morgan fingerprint density at radius 1 is 1.23 bits per heavy atom. The highest BCUT2D eigenvalue weighted by Crippen LogP contribution is 2.33. The Bertz CT molecular complexity index is 756. The number of alkyl halides is 3. The van der Waals surface area contributed by atoms with Crippen LogP contribution in [0.15, 0.2) is 47.6 Å². The van der Waals surface area contributed by atoms with Gasteiger partial charge in [-0.15, -0.1) is 0 Å². The molecule has 0 bridgehead atoms. The first-order valence-electron chi connectivity index (χ1n) is 8.20. The van der Waals surface area contributed by atoms with Gasteiger partial charge in [-0.2, -0.15) is 13.2 Å². The van der Waals surface area contributed by atoms with Gasteiger partial charge in [0.05, 0.1) is 12.1 Å². The Hall–Kier alpha value is -2.77. The van der Waals surface area contributed by atoms with Crippen molar-refractivity contribution >= 4 is 17.5 Å². The number of nitrogens with two attached hydrogens (primary N) is 1. The molecule has 8 heteroatoms. The van der Waals surface area contributed by atoms with Crippen LogP contribution < -0.4 is 16.4 Å². The molecule has 26 heavy (non-hydrogen) atoms. The molecule has 0 saturated carbocycles. The first-order valence-corrected chi connectivity index (χ1v) is 8.20. The number of aliphatic imine (C=N–C) groups is 1. The van der Waals surface area contributed by atoms with Crippen LogP contribution in [0.1, 0.15) is 30.9 Å². The summed E-state index contributed by atoms with van der Waals surface area (Å²) < 4.78 is 38.6. The molecule has 0 fully saturated rings. The summed E-state index contributed by atoms with van der Waals surface area (Å²) >= 11 is 0. The van der Waals surface area contributed by atoms with Crippen molar-refractivity contribution in [2.45, 2.75) is 25.9 Å². The van der Waals surface area contributed by atoms with Crippen molar-refractivity contribution in [1.82, 2.24) is 4.98 Å². The Morgan fingerprint density at radius 2 is 2.00 bits per heavy atom. The molecule has 2 aromatic rings. The third kappa shape index (κ3) is 5.65. The Morgan fingerprint density at radius 3 is 2.69 bits per heavy atom. The van der Waals surface area contributed by atoms with Crippen LogP contribution in [-0.2, 0) is 6.18 Å². The van der Waals surface area contributed by atoms with Crippen LogP contribution >= 0.6 is 0 Å². The van der Waals surface area contributed by atoms with Gasteiger partial charge in [0.25, 0.3) is 0 Å². The fourth-order valence-corrected chi connectivity index (χ4v) is 2.29. The van der Waals surface area contributed by atoms with Crippen molar-refractivity contribution in [2.75, 3.05) is 23.7 Å². The summed E-state index contributed by atoms with van der Waals surface area (Å²) in [5, 5.41) is 5.62. The lowest BCUT2D eigenvalue weighted by Crippen LogP contribution is -2.24. The lowest BCUT2D eigenvalue weighted by atomic mass is 10.0. The summed E-state index contributed by atoms with van der Waals surface area (Å²) in [4.78, 5) is 7.84. The van der Waals surface area contributed by atoms with E-state index in [-0.39, 0.29) is 24.9 Å². The molecule has 0 aliphatic heterocycles. The first kappa shape index (κ1) is 19.6. The number of nitrogens with zero attached hydrogens (tertiary/aromatic N) is 2. The smallest absolute Gasteiger partial charge is 0.370 e. The van der Waals surface area contributed by atoms with Gasteiger partial charge >= 0.3 is 6.18 Å². The summed E-state index contributed by atoms with van der Waals surface area (Å²) in [6.07, 6.45) is -3.15. The number of rotatable bonds is 6. The Kier molecular flexibility index (Phi) is 6.43. The molecular weight excluding hydrogens is 343 g/mol. The van der Waals surface area contributed by atoms with E-state index in [9.17, 15) is 13.2 Å². The van der Waals surface area contributed by atoms with E-state index in [0.29, 0.717) is 5.92 Å². The minimum Gasteiger partial charge on any atom is -0.370 e. The molecule has 0 aliphatic rings. The number of anilines is 2. The van der Waals surface area contributed by atoms with Crippen LogP contribution in [0.2, 0.25) is 0 Å². The molecular formula is C18H22F3N5. The molecule has 2 rings (SSSR count). The molecule has 0 saturated heterocycles. The van der Waals surface area contributed by atoms with Gasteiger partial charge in [-0.1, -0.05) is 26.0 Å². The Labute approximate surface area is 150 Å². The van der Waals surface area contributed by atoms with Crippen molar-refractivity contribution in [3.8, 4) is 0 Å². The molecule has 1 aromatic heterocycles. The number of guanidine groups is 1. The summed E-state index contributed by atoms with van der Waals surface area (Å²) in [5.41, 5.74) is 7.00. The van der Waals surface area contributed by atoms with Gasteiger partial charge in [-0.05, 0) is 35.7 Å². The normalized spacial score (nSPS) is 12.3. The van der Waals surface area contributed by atoms with Gasteiger partial charge in [0.15, 0.2) is 5.96 Å². The molecule has 0 radical (unpaired) electrons. The SMILES string of the molecule is CC(C)c1cccc(NC(N)=NCCNc2ncccc2C(F)(F)F)c1. The first-order chi connectivity index (χ1) is 12.3. The molecule has 0 spiro atoms. The van der Waals surface area contributed by atoms with Gasteiger partial charge in [0, 0.05) is 18.4 Å². The second kappa shape index (κ2) is 8.55. The fourth-order valence-electron chi connectivity index (χ4n) is 2.29. The maximum Gasteiger partial charge on any atom is 0.419 e. The van der Waals surface area contributed by atoms with Gasteiger partial charge in [-0.25, -0.2) is 4.98 Å². The predicted octanol–water partition coefficient (Wildman–Crippen LogP) is 4.06. The highest BCUT2D eigenvalue weighted by molar-refractivity contribution is 5.92. The molecule has 5 nitrogen and oxygen atoms in total. The lowest BCUT2D eigenvalue weighted by Gasteiger charge is -2.12. The standard InChI is InChI=1S/C18H22F3N5/c1-12(2)13-5-3-6-14(11-13)26-17(22)25-10-9-24-16-15(18(19,20)21)7-4-8-23-16/h3-8,11-12H,9-10H2,1-2H3,(H,23,24)(H3,22,25,26). The summed E-state index contributed by atoms with van der Waals surface area (Å²) in [6.45, 7) is 4.56. The van der Waals surface area contributed by atoms with E-state index in [1.54, 1.807) is 0 Å². The zero-order valence-corrected chi connectivity index (χ0v) is 14.6. The highest BCUT2D eigenvalue weighted by atomic mass is 19.4. The average Bonchev–Trinajstić information content (AvgIpc) is 2.58.